The highest BCUT2D eigenvalue weighted by atomic mass is 19.1. The number of piperidine rings is 1. The van der Waals surface area contributed by atoms with Gasteiger partial charge in [0.2, 0.25) is 5.91 Å². The van der Waals surface area contributed by atoms with Crippen molar-refractivity contribution in [3.05, 3.63) is 94.0 Å². The molecule has 0 radical (unpaired) electrons. The Morgan fingerprint density at radius 1 is 1.13 bits per heavy atom. The predicted molar refractivity (Wildman–Crippen MR) is 173 cm³/mol. The minimum absolute atomic E-state index is 0.00292. The lowest BCUT2D eigenvalue weighted by Crippen LogP contribution is -2.62. The van der Waals surface area contributed by atoms with Gasteiger partial charge in [-0.15, -0.1) is 0 Å². The van der Waals surface area contributed by atoms with Crippen molar-refractivity contribution in [2.75, 3.05) is 38.1 Å². The summed E-state index contributed by atoms with van der Waals surface area (Å²) in [6.07, 6.45) is 4.16. The zero-order chi connectivity index (χ0) is 33.4. The zero-order valence-corrected chi connectivity index (χ0v) is 26.4. The molecule has 2 fully saturated rings. The maximum Gasteiger partial charge on any atom is 0.252 e. The molecule has 0 atom stereocenters. The van der Waals surface area contributed by atoms with Crippen LogP contribution >= 0.6 is 0 Å². The third-order valence-corrected chi connectivity index (χ3v) is 9.39. The number of carbonyl (C=O) groups excluding carboxylic acids is 3. The van der Waals surface area contributed by atoms with Crippen LogP contribution in [-0.4, -0.2) is 51.3 Å². The van der Waals surface area contributed by atoms with E-state index in [1.165, 1.54) is 6.07 Å². The van der Waals surface area contributed by atoms with Gasteiger partial charge < -0.3 is 30.4 Å². The number of amides is 2. The molecule has 0 saturated carbocycles. The molecule has 246 valence electrons. The van der Waals surface area contributed by atoms with Gasteiger partial charge in [0.1, 0.15) is 30.3 Å². The van der Waals surface area contributed by atoms with E-state index < -0.39 is 0 Å². The second kappa shape index (κ2) is 15.2. The number of ether oxygens (including phenoxy) is 1. The third kappa shape index (κ3) is 7.44. The third-order valence-electron chi connectivity index (χ3n) is 9.39. The summed E-state index contributed by atoms with van der Waals surface area (Å²) in [5.41, 5.74) is 3.56. The Morgan fingerprint density at radius 2 is 1.91 bits per heavy atom. The standard InChI is InChI=1S/C30H28F2N4O2.C6H11NO2/c31-25-13-22(6-5-20(25)16-38-28-3-1-2-23-24(28)15-35-29(23)37)30(17-34-18-30)21-8-10-36(11-9-21)27-7-4-19(14-33)12-26(27)32;1-7-6(9)4-2-3-5-8/h1-7,12-13,21,34H,8-11,15-18H2,(H,35,37);5H,2-4H2,1H3,(H,7,9). The molecule has 3 aromatic carbocycles. The Morgan fingerprint density at radius 3 is 2.55 bits per heavy atom. The van der Waals surface area contributed by atoms with Crippen LogP contribution in [0.1, 0.15) is 64.7 Å². The first-order valence-electron chi connectivity index (χ1n) is 15.9. The summed E-state index contributed by atoms with van der Waals surface area (Å²) in [4.78, 5) is 34.2. The summed E-state index contributed by atoms with van der Waals surface area (Å²) < 4.78 is 35.8. The number of hydrogen-bond acceptors (Lipinski definition) is 7. The first-order valence-corrected chi connectivity index (χ1v) is 15.9. The van der Waals surface area contributed by atoms with Crippen molar-refractivity contribution in [3.8, 4) is 11.8 Å². The number of nitriles is 1. The second-order valence-electron chi connectivity index (χ2n) is 12.1. The van der Waals surface area contributed by atoms with Crippen LogP contribution in [0.2, 0.25) is 0 Å². The molecule has 3 aromatic rings. The van der Waals surface area contributed by atoms with E-state index >= 15 is 4.39 Å². The van der Waals surface area contributed by atoms with Gasteiger partial charge in [0.25, 0.3) is 5.91 Å². The van der Waals surface area contributed by atoms with Crippen LogP contribution in [0.15, 0.2) is 54.6 Å². The van der Waals surface area contributed by atoms with E-state index in [-0.39, 0.29) is 35.5 Å². The summed E-state index contributed by atoms with van der Waals surface area (Å²) in [6.45, 7) is 3.49. The Balaban J connectivity index is 0.000000424. The van der Waals surface area contributed by atoms with Crippen LogP contribution in [0.4, 0.5) is 14.5 Å². The lowest BCUT2D eigenvalue weighted by atomic mass is 9.63. The summed E-state index contributed by atoms with van der Waals surface area (Å²) >= 11 is 0. The molecular formula is C36H39F2N5O4. The highest BCUT2D eigenvalue weighted by Crippen LogP contribution is 2.43. The van der Waals surface area contributed by atoms with Gasteiger partial charge in [0, 0.05) is 74.7 Å². The molecule has 3 N–H and O–H groups in total. The maximum absolute atomic E-state index is 15.3. The van der Waals surface area contributed by atoms with Gasteiger partial charge in [0.15, 0.2) is 0 Å². The fourth-order valence-electron chi connectivity index (χ4n) is 6.59. The van der Waals surface area contributed by atoms with Gasteiger partial charge in [-0.1, -0.05) is 18.2 Å². The molecule has 3 aliphatic heterocycles. The van der Waals surface area contributed by atoms with Crippen molar-refractivity contribution in [2.45, 2.75) is 50.7 Å². The highest BCUT2D eigenvalue weighted by Gasteiger charge is 2.46. The number of nitrogens with zero attached hydrogens (tertiary/aromatic N) is 2. The van der Waals surface area contributed by atoms with Crippen LogP contribution in [0.3, 0.4) is 0 Å². The molecule has 0 aliphatic carbocycles. The van der Waals surface area contributed by atoms with Crippen molar-refractivity contribution < 1.29 is 27.9 Å². The van der Waals surface area contributed by atoms with Gasteiger partial charge in [0.05, 0.1) is 17.3 Å². The molecule has 0 spiro atoms. The minimum atomic E-state index is -0.370. The summed E-state index contributed by atoms with van der Waals surface area (Å²) in [5.74, 6) is 0.151. The SMILES string of the molecule is CNC(=O)CCCC=O.N#Cc1ccc(N2CCC(C3(c4ccc(COc5cccc6c5CNC6=O)c(F)c4)CNC3)CC2)c(F)c1. The number of nitrogens with one attached hydrogen (secondary N) is 3. The molecule has 2 amide bonds. The van der Waals surface area contributed by atoms with E-state index in [1.54, 1.807) is 49.5 Å². The summed E-state index contributed by atoms with van der Waals surface area (Å²) in [5, 5.41) is 17.7. The van der Waals surface area contributed by atoms with E-state index in [0.29, 0.717) is 72.9 Å². The first-order chi connectivity index (χ1) is 22.8. The molecule has 9 nitrogen and oxygen atoms in total. The molecule has 11 heteroatoms. The number of halogens is 2. The number of unbranched alkanes of at least 4 members (excludes halogenated alkanes) is 1. The smallest absolute Gasteiger partial charge is 0.252 e. The fourth-order valence-corrected chi connectivity index (χ4v) is 6.59. The number of benzene rings is 3. The summed E-state index contributed by atoms with van der Waals surface area (Å²) in [7, 11) is 1.59. The molecule has 2 saturated heterocycles. The van der Waals surface area contributed by atoms with E-state index in [9.17, 15) is 18.8 Å². The van der Waals surface area contributed by atoms with Crippen molar-refractivity contribution in [2.24, 2.45) is 5.92 Å². The number of rotatable bonds is 10. The van der Waals surface area contributed by atoms with Crippen LogP contribution < -0.4 is 25.6 Å². The van der Waals surface area contributed by atoms with Gasteiger partial charge in [-0.05, 0) is 67.1 Å². The van der Waals surface area contributed by atoms with Gasteiger partial charge in [-0.25, -0.2) is 8.78 Å². The number of hydrogen-bond donors (Lipinski definition) is 3. The first kappa shape index (κ1) is 33.5. The van der Waals surface area contributed by atoms with Gasteiger partial charge in [-0.3, -0.25) is 9.59 Å². The Labute approximate surface area is 273 Å². The molecule has 3 heterocycles. The maximum atomic E-state index is 15.3. The number of anilines is 1. The predicted octanol–water partition coefficient (Wildman–Crippen LogP) is 4.52. The van der Waals surface area contributed by atoms with Crippen molar-refractivity contribution in [1.82, 2.24) is 16.0 Å². The second-order valence-corrected chi connectivity index (χ2v) is 12.1. The molecule has 0 aromatic heterocycles. The van der Waals surface area contributed by atoms with Crippen LogP contribution in [-0.2, 0) is 28.2 Å². The van der Waals surface area contributed by atoms with Crippen molar-refractivity contribution in [1.29, 1.82) is 5.26 Å². The van der Waals surface area contributed by atoms with Gasteiger partial charge in [-0.2, -0.15) is 5.26 Å². The quantitative estimate of drug-likeness (QED) is 0.219. The van der Waals surface area contributed by atoms with Gasteiger partial charge >= 0.3 is 0 Å². The van der Waals surface area contributed by atoms with Crippen LogP contribution in [0, 0.1) is 28.9 Å². The molecule has 6 rings (SSSR count). The number of aldehydes is 1. The summed E-state index contributed by atoms with van der Waals surface area (Å²) in [6, 6.07) is 17.4. The number of fused-ring (bicyclic) bond motifs is 1. The van der Waals surface area contributed by atoms with E-state index in [4.69, 9.17) is 10.00 Å². The average Bonchev–Trinajstić information content (AvgIpc) is 3.45. The monoisotopic (exact) mass is 643 g/mol. The molecule has 0 unspecified atom stereocenters. The number of carbonyl (C=O) groups is 3. The molecule has 47 heavy (non-hydrogen) atoms. The highest BCUT2D eigenvalue weighted by molar-refractivity contribution is 5.99. The van der Waals surface area contributed by atoms with Crippen molar-refractivity contribution in [3.63, 3.8) is 0 Å². The lowest BCUT2D eigenvalue weighted by Gasteiger charge is -2.51. The van der Waals surface area contributed by atoms with E-state index in [2.05, 4.69) is 16.0 Å². The molecular weight excluding hydrogens is 604 g/mol. The fraction of sp³-hybridized carbons (Fsp3) is 0.389. The van der Waals surface area contributed by atoms with Crippen LogP contribution in [0.25, 0.3) is 0 Å². The lowest BCUT2D eigenvalue weighted by molar-refractivity contribution is -0.120. The minimum Gasteiger partial charge on any atom is -0.488 e. The van der Waals surface area contributed by atoms with Crippen molar-refractivity contribution >= 4 is 23.8 Å². The van der Waals surface area contributed by atoms with E-state index in [1.807, 2.05) is 17.0 Å². The Kier molecular flexibility index (Phi) is 10.8. The van der Waals surface area contributed by atoms with E-state index in [0.717, 1.165) is 43.3 Å². The average molecular weight is 644 g/mol. The zero-order valence-electron chi connectivity index (χ0n) is 26.4. The van der Waals surface area contributed by atoms with Crippen LogP contribution in [0.5, 0.6) is 5.75 Å². The molecule has 0 bridgehead atoms. The Bertz CT molecular complexity index is 1660. The Hall–Kier alpha value is -4.82. The topological polar surface area (TPSA) is 124 Å². The molecule has 3 aliphatic rings. The largest absolute Gasteiger partial charge is 0.488 e. The normalized spacial score (nSPS) is 16.5.